The Morgan fingerprint density at radius 2 is 2.20 bits per heavy atom. The van der Waals surface area contributed by atoms with Crippen LogP contribution in [0.15, 0.2) is 18.2 Å². The molecule has 0 aliphatic rings. The summed E-state index contributed by atoms with van der Waals surface area (Å²) in [6, 6.07) is 3.18. The van der Waals surface area contributed by atoms with Crippen LogP contribution in [0.3, 0.4) is 0 Å². The van der Waals surface area contributed by atoms with Gasteiger partial charge in [-0.05, 0) is 25.0 Å². The summed E-state index contributed by atoms with van der Waals surface area (Å²) in [5.41, 5.74) is 4.63. The third kappa shape index (κ3) is 4.18. The first-order valence-corrected chi connectivity index (χ1v) is 6.15. The minimum absolute atomic E-state index is 0.0389. The highest BCUT2D eigenvalue weighted by atomic mass is 19.1. The third-order valence-electron chi connectivity index (χ3n) is 3.05. The highest BCUT2D eigenvalue weighted by Crippen LogP contribution is 2.28. The molecule has 0 saturated heterocycles. The first kappa shape index (κ1) is 15.9. The van der Waals surface area contributed by atoms with Gasteiger partial charge < -0.3 is 10.5 Å². The van der Waals surface area contributed by atoms with Crippen molar-refractivity contribution in [1.82, 2.24) is 0 Å². The number of nitro benzene ring substituents is 1. The Hall–Kier alpha value is -2.18. The summed E-state index contributed by atoms with van der Waals surface area (Å²) in [5.74, 6) is -0.552. The molecular weight excluding hydrogens is 265 g/mol. The molecule has 7 heteroatoms. The van der Waals surface area contributed by atoms with E-state index in [0.29, 0.717) is 12.8 Å². The van der Waals surface area contributed by atoms with Gasteiger partial charge in [0.15, 0.2) is 5.75 Å². The number of hydrogen-bond acceptors (Lipinski definition) is 4. The first-order chi connectivity index (χ1) is 9.24. The largest absolute Gasteiger partial charge is 0.487 e. The number of hydrogen-bond donors (Lipinski definition) is 2. The summed E-state index contributed by atoms with van der Waals surface area (Å²) in [6.45, 7) is 3.93. The van der Waals surface area contributed by atoms with Crippen molar-refractivity contribution in [2.45, 2.75) is 26.7 Å². The molecule has 0 heterocycles. The van der Waals surface area contributed by atoms with Crippen molar-refractivity contribution < 1.29 is 14.1 Å². The Labute approximate surface area is 116 Å². The van der Waals surface area contributed by atoms with Crippen LogP contribution >= 0.6 is 0 Å². The molecule has 6 nitrogen and oxygen atoms in total. The molecule has 0 amide bonds. The molecule has 1 aromatic rings. The van der Waals surface area contributed by atoms with Crippen LogP contribution in [0.2, 0.25) is 0 Å². The fourth-order valence-electron chi connectivity index (χ4n) is 1.59. The average molecular weight is 283 g/mol. The Bertz CT molecular complexity index is 518. The lowest BCUT2D eigenvalue weighted by molar-refractivity contribution is -0.386. The summed E-state index contributed by atoms with van der Waals surface area (Å²) in [6.07, 6.45) is 1.21. The van der Waals surface area contributed by atoms with E-state index in [1.54, 1.807) is 0 Å². The van der Waals surface area contributed by atoms with E-state index < -0.39 is 21.8 Å². The van der Waals surface area contributed by atoms with Crippen molar-refractivity contribution in [2.75, 3.05) is 6.61 Å². The van der Waals surface area contributed by atoms with Gasteiger partial charge in [0.1, 0.15) is 5.82 Å². The normalized spacial score (nSPS) is 11.2. The molecule has 110 valence electrons. The standard InChI is InChI=1S/C13H18FN3O3/c1-13(2,12(15)16)6-3-7-20-11-5-4-9(14)8-10(11)17(18)19/h4-5,8H,3,6-7H2,1-2H3,(H3,15,16). The zero-order valence-electron chi connectivity index (χ0n) is 11.5. The van der Waals surface area contributed by atoms with Crippen molar-refractivity contribution in [2.24, 2.45) is 11.1 Å². The lowest BCUT2D eigenvalue weighted by atomic mass is 9.87. The Morgan fingerprint density at radius 3 is 2.75 bits per heavy atom. The first-order valence-electron chi connectivity index (χ1n) is 6.15. The molecule has 0 bridgehead atoms. The van der Waals surface area contributed by atoms with Crippen molar-refractivity contribution in [3.63, 3.8) is 0 Å². The fourth-order valence-corrected chi connectivity index (χ4v) is 1.59. The van der Waals surface area contributed by atoms with E-state index in [-0.39, 0.29) is 18.2 Å². The van der Waals surface area contributed by atoms with E-state index in [4.69, 9.17) is 15.9 Å². The van der Waals surface area contributed by atoms with Crippen LogP contribution in [0.25, 0.3) is 0 Å². The van der Waals surface area contributed by atoms with Crippen LogP contribution in [0, 0.1) is 26.8 Å². The minimum Gasteiger partial charge on any atom is -0.487 e. The van der Waals surface area contributed by atoms with Crippen LogP contribution in [-0.2, 0) is 0 Å². The van der Waals surface area contributed by atoms with Crippen LogP contribution in [0.5, 0.6) is 5.75 Å². The van der Waals surface area contributed by atoms with Gasteiger partial charge >= 0.3 is 5.69 Å². The number of nitrogens with one attached hydrogen (secondary N) is 1. The van der Waals surface area contributed by atoms with Crippen LogP contribution in [0.1, 0.15) is 26.7 Å². The minimum atomic E-state index is -0.683. The van der Waals surface area contributed by atoms with Gasteiger partial charge in [0.2, 0.25) is 0 Å². The Kier molecular flexibility index (Phi) is 5.01. The van der Waals surface area contributed by atoms with Gasteiger partial charge in [-0.3, -0.25) is 15.5 Å². The smallest absolute Gasteiger partial charge is 0.313 e. The second kappa shape index (κ2) is 6.31. The number of halogens is 1. The fraction of sp³-hybridized carbons (Fsp3) is 0.462. The second-order valence-corrected chi connectivity index (χ2v) is 5.12. The topological polar surface area (TPSA) is 102 Å². The lowest BCUT2D eigenvalue weighted by Gasteiger charge is -2.22. The molecule has 0 unspecified atom stereocenters. The number of amidine groups is 1. The molecule has 3 N–H and O–H groups in total. The molecule has 0 atom stereocenters. The van der Waals surface area contributed by atoms with Gasteiger partial charge in [-0.25, -0.2) is 4.39 Å². The number of nitrogens with two attached hydrogens (primary N) is 1. The number of nitrogens with zero attached hydrogens (tertiary/aromatic N) is 1. The van der Waals surface area contributed by atoms with Gasteiger partial charge in [0.25, 0.3) is 0 Å². The van der Waals surface area contributed by atoms with Crippen LogP contribution < -0.4 is 10.5 Å². The van der Waals surface area contributed by atoms with Gasteiger partial charge in [-0.2, -0.15) is 0 Å². The second-order valence-electron chi connectivity index (χ2n) is 5.12. The molecule has 0 radical (unpaired) electrons. The van der Waals surface area contributed by atoms with Gasteiger partial charge in [0, 0.05) is 5.41 Å². The molecule has 0 aliphatic carbocycles. The van der Waals surface area contributed by atoms with Crippen LogP contribution in [0.4, 0.5) is 10.1 Å². The molecule has 0 saturated carbocycles. The number of benzene rings is 1. The predicted molar refractivity (Wildman–Crippen MR) is 73.5 cm³/mol. The van der Waals surface area contributed by atoms with Crippen molar-refractivity contribution in [3.8, 4) is 5.75 Å². The maximum absolute atomic E-state index is 12.9. The highest BCUT2D eigenvalue weighted by Gasteiger charge is 2.21. The summed E-state index contributed by atoms with van der Waals surface area (Å²) < 4.78 is 18.3. The van der Waals surface area contributed by atoms with Crippen molar-refractivity contribution >= 4 is 11.5 Å². The van der Waals surface area contributed by atoms with E-state index >= 15 is 0 Å². The Morgan fingerprint density at radius 1 is 1.55 bits per heavy atom. The van der Waals surface area contributed by atoms with Gasteiger partial charge in [-0.1, -0.05) is 13.8 Å². The maximum Gasteiger partial charge on any atom is 0.313 e. The van der Waals surface area contributed by atoms with E-state index in [9.17, 15) is 14.5 Å². The SMILES string of the molecule is CC(C)(CCCOc1ccc(F)cc1[N+](=O)[O-])C(=N)N. The molecule has 0 aromatic heterocycles. The van der Waals surface area contributed by atoms with Crippen LogP contribution in [-0.4, -0.2) is 17.4 Å². The molecule has 1 aromatic carbocycles. The monoisotopic (exact) mass is 283 g/mol. The molecule has 0 fully saturated rings. The summed E-state index contributed by atoms with van der Waals surface area (Å²) in [5, 5.41) is 18.2. The highest BCUT2D eigenvalue weighted by molar-refractivity contribution is 5.82. The maximum atomic E-state index is 12.9. The molecule has 20 heavy (non-hydrogen) atoms. The molecule has 1 rings (SSSR count). The van der Waals surface area contributed by atoms with Crippen molar-refractivity contribution in [1.29, 1.82) is 5.41 Å². The van der Waals surface area contributed by atoms with E-state index in [1.165, 1.54) is 6.07 Å². The average Bonchev–Trinajstić information content (AvgIpc) is 2.35. The van der Waals surface area contributed by atoms with E-state index in [0.717, 1.165) is 12.1 Å². The number of ether oxygens (including phenoxy) is 1. The Balaban J connectivity index is 2.59. The zero-order valence-corrected chi connectivity index (χ0v) is 11.5. The summed E-state index contributed by atoms with van der Waals surface area (Å²) in [4.78, 5) is 10.1. The summed E-state index contributed by atoms with van der Waals surface area (Å²) in [7, 11) is 0. The molecule has 0 spiro atoms. The van der Waals surface area contributed by atoms with Gasteiger partial charge in [0.05, 0.1) is 23.4 Å². The van der Waals surface area contributed by atoms with E-state index in [2.05, 4.69) is 0 Å². The van der Waals surface area contributed by atoms with Gasteiger partial charge in [-0.15, -0.1) is 0 Å². The number of rotatable bonds is 7. The lowest BCUT2D eigenvalue weighted by Crippen LogP contribution is -2.31. The predicted octanol–water partition coefficient (Wildman–Crippen LogP) is 2.86. The molecule has 0 aliphatic heterocycles. The molecular formula is C13H18FN3O3. The summed E-state index contributed by atoms with van der Waals surface area (Å²) >= 11 is 0. The van der Waals surface area contributed by atoms with E-state index in [1.807, 2.05) is 13.8 Å². The quantitative estimate of drug-likeness (QED) is 0.264. The third-order valence-corrected chi connectivity index (χ3v) is 3.05. The number of nitro groups is 1. The van der Waals surface area contributed by atoms with Crippen molar-refractivity contribution in [3.05, 3.63) is 34.1 Å². The zero-order chi connectivity index (χ0) is 15.3.